The molecular formula is C13H15NO. The third kappa shape index (κ3) is 1.80. The van der Waals surface area contributed by atoms with E-state index < -0.39 is 0 Å². The molecule has 15 heavy (non-hydrogen) atoms. The zero-order valence-corrected chi connectivity index (χ0v) is 8.94. The Balaban J connectivity index is 2.27. The molecule has 1 aliphatic heterocycles. The number of ketones is 1. The van der Waals surface area contributed by atoms with Gasteiger partial charge in [0, 0.05) is 18.7 Å². The molecular weight excluding hydrogens is 186 g/mol. The van der Waals surface area contributed by atoms with E-state index in [0.717, 1.165) is 12.2 Å². The molecule has 0 bridgehead atoms. The number of anilines is 1. The van der Waals surface area contributed by atoms with Gasteiger partial charge in [0.2, 0.25) is 0 Å². The average molecular weight is 201 g/mol. The highest BCUT2D eigenvalue weighted by Crippen LogP contribution is 2.24. The lowest BCUT2D eigenvalue weighted by Crippen LogP contribution is -2.30. The molecule has 78 valence electrons. The van der Waals surface area contributed by atoms with Crippen molar-refractivity contribution in [2.75, 3.05) is 11.4 Å². The number of benzene rings is 1. The monoisotopic (exact) mass is 201 g/mol. The fourth-order valence-corrected chi connectivity index (χ4v) is 1.98. The van der Waals surface area contributed by atoms with Gasteiger partial charge < -0.3 is 4.90 Å². The van der Waals surface area contributed by atoms with Crippen molar-refractivity contribution in [3.8, 4) is 0 Å². The van der Waals surface area contributed by atoms with Gasteiger partial charge in [-0.1, -0.05) is 23.8 Å². The highest BCUT2D eigenvalue weighted by molar-refractivity contribution is 5.92. The second-order valence-corrected chi connectivity index (χ2v) is 3.93. The lowest BCUT2D eigenvalue weighted by atomic mass is 10.1. The maximum Gasteiger partial charge on any atom is 0.160 e. The van der Waals surface area contributed by atoms with Crippen molar-refractivity contribution < 1.29 is 4.79 Å². The fraction of sp³-hybridized carbons (Fsp3) is 0.308. The Morgan fingerprint density at radius 1 is 1.40 bits per heavy atom. The Bertz CT molecular complexity index is 380. The molecule has 1 fully saturated rings. The van der Waals surface area contributed by atoms with E-state index in [1.54, 1.807) is 6.08 Å². The van der Waals surface area contributed by atoms with E-state index in [4.69, 9.17) is 0 Å². The van der Waals surface area contributed by atoms with Crippen LogP contribution in [0.2, 0.25) is 0 Å². The third-order valence-corrected chi connectivity index (χ3v) is 2.85. The van der Waals surface area contributed by atoms with E-state index in [1.807, 2.05) is 0 Å². The van der Waals surface area contributed by atoms with Crippen molar-refractivity contribution >= 4 is 11.5 Å². The van der Waals surface area contributed by atoms with Crippen molar-refractivity contribution in [3.63, 3.8) is 0 Å². The largest absolute Gasteiger partial charge is 0.358 e. The summed E-state index contributed by atoms with van der Waals surface area (Å²) in [6.45, 7) is 6.59. The molecule has 1 aromatic carbocycles. The first-order valence-electron chi connectivity index (χ1n) is 5.21. The van der Waals surface area contributed by atoms with Crippen LogP contribution in [0.3, 0.4) is 0 Å². The smallest absolute Gasteiger partial charge is 0.160 e. The van der Waals surface area contributed by atoms with Crippen LogP contribution in [0.25, 0.3) is 0 Å². The van der Waals surface area contributed by atoms with Gasteiger partial charge in [-0.15, -0.1) is 6.58 Å². The second kappa shape index (κ2) is 3.89. The number of hydrogen-bond acceptors (Lipinski definition) is 2. The summed E-state index contributed by atoms with van der Waals surface area (Å²) in [5.41, 5.74) is 2.34. The van der Waals surface area contributed by atoms with Crippen molar-refractivity contribution in [1.29, 1.82) is 0 Å². The molecule has 0 saturated carbocycles. The zero-order valence-electron chi connectivity index (χ0n) is 8.94. The second-order valence-electron chi connectivity index (χ2n) is 3.93. The normalized spacial score (nSPS) is 20.7. The highest BCUT2D eigenvalue weighted by atomic mass is 16.1. The molecule has 0 N–H and O–H groups in total. The summed E-state index contributed by atoms with van der Waals surface area (Å²) in [4.78, 5) is 13.6. The van der Waals surface area contributed by atoms with Gasteiger partial charge in [-0.05, 0) is 19.1 Å². The van der Waals surface area contributed by atoms with E-state index in [9.17, 15) is 4.79 Å². The molecule has 1 saturated heterocycles. The maximum atomic E-state index is 11.5. The molecule has 0 radical (unpaired) electrons. The molecule has 2 rings (SSSR count). The van der Waals surface area contributed by atoms with E-state index in [0.29, 0.717) is 6.42 Å². The molecule has 1 unspecified atom stereocenters. The summed E-state index contributed by atoms with van der Waals surface area (Å²) < 4.78 is 0. The predicted molar refractivity (Wildman–Crippen MR) is 62.1 cm³/mol. The average Bonchev–Trinajstić information content (AvgIpc) is 2.61. The van der Waals surface area contributed by atoms with Crippen LogP contribution in [0.4, 0.5) is 5.69 Å². The minimum Gasteiger partial charge on any atom is -0.358 e. The SMILES string of the molecule is C=CC1C(=O)CCN1c1ccc(C)cc1. The minimum absolute atomic E-state index is 0.132. The highest BCUT2D eigenvalue weighted by Gasteiger charge is 2.29. The number of carbonyl (C=O) groups excluding carboxylic acids is 1. The Kier molecular flexibility index (Phi) is 2.58. The molecule has 0 spiro atoms. The van der Waals surface area contributed by atoms with Gasteiger partial charge in [-0.2, -0.15) is 0 Å². The van der Waals surface area contributed by atoms with Gasteiger partial charge in [-0.3, -0.25) is 4.79 Å². The Labute approximate surface area is 90.2 Å². The van der Waals surface area contributed by atoms with Crippen LogP contribution in [0.5, 0.6) is 0 Å². The molecule has 2 heteroatoms. The van der Waals surface area contributed by atoms with Crippen LogP contribution in [0.1, 0.15) is 12.0 Å². The molecule has 1 atom stereocenters. The number of rotatable bonds is 2. The number of nitrogens with zero attached hydrogens (tertiary/aromatic N) is 1. The molecule has 0 aliphatic carbocycles. The molecule has 1 aromatic rings. The van der Waals surface area contributed by atoms with Gasteiger partial charge in [0.15, 0.2) is 5.78 Å². The summed E-state index contributed by atoms with van der Waals surface area (Å²) in [6.07, 6.45) is 2.36. The zero-order chi connectivity index (χ0) is 10.8. The summed E-state index contributed by atoms with van der Waals surface area (Å²) >= 11 is 0. The number of Topliss-reactive ketones (excluding diaryl/α,β-unsaturated/α-hetero) is 1. The summed E-state index contributed by atoms with van der Waals surface area (Å²) in [5.74, 6) is 0.269. The predicted octanol–water partition coefficient (Wildman–Crippen LogP) is 2.33. The molecule has 1 heterocycles. The first-order valence-corrected chi connectivity index (χ1v) is 5.21. The van der Waals surface area contributed by atoms with Crippen molar-refractivity contribution in [2.45, 2.75) is 19.4 Å². The first kappa shape index (κ1) is 9.97. The quantitative estimate of drug-likeness (QED) is 0.684. The van der Waals surface area contributed by atoms with Gasteiger partial charge in [-0.25, -0.2) is 0 Å². The number of hydrogen-bond donors (Lipinski definition) is 0. The maximum absolute atomic E-state index is 11.5. The lowest BCUT2D eigenvalue weighted by Gasteiger charge is -2.23. The Hall–Kier alpha value is -1.57. The van der Waals surface area contributed by atoms with E-state index in [-0.39, 0.29) is 11.8 Å². The minimum atomic E-state index is -0.132. The fourth-order valence-electron chi connectivity index (χ4n) is 1.98. The van der Waals surface area contributed by atoms with Crippen molar-refractivity contribution in [2.24, 2.45) is 0 Å². The van der Waals surface area contributed by atoms with Crippen LogP contribution < -0.4 is 4.90 Å². The van der Waals surface area contributed by atoms with E-state index in [2.05, 4.69) is 42.7 Å². The van der Waals surface area contributed by atoms with Gasteiger partial charge in [0.05, 0.1) is 0 Å². The first-order chi connectivity index (χ1) is 7.22. The van der Waals surface area contributed by atoms with Gasteiger partial charge in [0.1, 0.15) is 6.04 Å². The van der Waals surface area contributed by atoms with Gasteiger partial charge >= 0.3 is 0 Å². The Morgan fingerprint density at radius 2 is 2.07 bits per heavy atom. The summed E-state index contributed by atoms with van der Waals surface area (Å²) in [7, 11) is 0. The standard InChI is InChI=1S/C13H15NO/c1-3-12-13(15)8-9-14(12)11-6-4-10(2)5-7-11/h3-7,12H,1,8-9H2,2H3. The van der Waals surface area contributed by atoms with Crippen LogP contribution in [-0.2, 0) is 4.79 Å². The molecule has 0 amide bonds. The lowest BCUT2D eigenvalue weighted by molar-refractivity contribution is -0.117. The summed E-state index contributed by atoms with van der Waals surface area (Å²) in [5, 5.41) is 0. The van der Waals surface area contributed by atoms with Crippen molar-refractivity contribution in [3.05, 3.63) is 42.5 Å². The topological polar surface area (TPSA) is 20.3 Å². The van der Waals surface area contributed by atoms with E-state index in [1.165, 1.54) is 5.56 Å². The number of aryl methyl sites for hydroxylation is 1. The van der Waals surface area contributed by atoms with Crippen LogP contribution in [0, 0.1) is 6.92 Å². The van der Waals surface area contributed by atoms with Crippen molar-refractivity contribution in [1.82, 2.24) is 0 Å². The van der Waals surface area contributed by atoms with E-state index >= 15 is 0 Å². The third-order valence-electron chi connectivity index (χ3n) is 2.85. The van der Waals surface area contributed by atoms with Gasteiger partial charge in [0.25, 0.3) is 0 Å². The van der Waals surface area contributed by atoms with Crippen LogP contribution >= 0.6 is 0 Å². The molecule has 0 aromatic heterocycles. The summed E-state index contributed by atoms with van der Waals surface area (Å²) in [6, 6.07) is 8.12. The van der Waals surface area contributed by atoms with Crippen LogP contribution in [-0.4, -0.2) is 18.4 Å². The van der Waals surface area contributed by atoms with Crippen LogP contribution in [0.15, 0.2) is 36.9 Å². The molecule has 1 aliphatic rings. The Morgan fingerprint density at radius 3 is 2.67 bits per heavy atom. The molecule has 2 nitrogen and oxygen atoms in total. The number of carbonyl (C=O) groups is 1.